The molecule has 0 saturated heterocycles. The zero-order chi connectivity index (χ0) is 16.3. The quantitative estimate of drug-likeness (QED) is 0.637. The van der Waals surface area contributed by atoms with E-state index in [0.29, 0.717) is 0 Å². The first-order chi connectivity index (χ1) is 10.4. The number of carbonyl (C=O) groups is 1. The Morgan fingerprint density at radius 2 is 1.91 bits per heavy atom. The summed E-state index contributed by atoms with van der Waals surface area (Å²) in [5.41, 5.74) is 0.759. The summed E-state index contributed by atoms with van der Waals surface area (Å²) in [5.74, 6) is -0.722. The first-order valence-corrected chi connectivity index (χ1v) is 6.70. The van der Waals surface area contributed by atoms with Crippen molar-refractivity contribution in [3.05, 3.63) is 74.5 Å². The van der Waals surface area contributed by atoms with Gasteiger partial charge in [0.2, 0.25) is 0 Å². The van der Waals surface area contributed by atoms with Crippen LogP contribution in [-0.4, -0.2) is 22.8 Å². The zero-order valence-corrected chi connectivity index (χ0v) is 12.4. The van der Waals surface area contributed by atoms with Crippen molar-refractivity contribution in [2.75, 3.05) is 7.05 Å². The minimum absolute atomic E-state index is 0.0187. The van der Waals surface area contributed by atoms with Gasteiger partial charge < -0.3 is 4.90 Å². The molecule has 7 heteroatoms. The molecular formula is C15H12ClFN2O3. The number of amides is 1. The Labute approximate surface area is 131 Å². The lowest BCUT2D eigenvalue weighted by molar-refractivity contribution is -0.384. The fourth-order valence-electron chi connectivity index (χ4n) is 1.93. The predicted octanol–water partition coefficient (Wildman–Crippen LogP) is 3.66. The first kappa shape index (κ1) is 15.9. The number of carbonyl (C=O) groups excluding carboxylic acids is 1. The second-order valence-electron chi connectivity index (χ2n) is 4.71. The van der Waals surface area contributed by atoms with Crippen molar-refractivity contribution in [3.8, 4) is 0 Å². The fourth-order valence-corrected chi connectivity index (χ4v) is 2.19. The van der Waals surface area contributed by atoms with Gasteiger partial charge in [0.15, 0.2) is 0 Å². The Morgan fingerprint density at radius 1 is 1.27 bits per heavy atom. The Kier molecular flexibility index (Phi) is 4.72. The van der Waals surface area contributed by atoms with Crippen LogP contribution < -0.4 is 0 Å². The average molecular weight is 323 g/mol. The predicted molar refractivity (Wildman–Crippen MR) is 80.3 cm³/mol. The van der Waals surface area contributed by atoms with Crippen LogP contribution in [0.4, 0.5) is 10.1 Å². The third-order valence-electron chi connectivity index (χ3n) is 3.07. The first-order valence-electron chi connectivity index (χ1n) is 6.32. The molecule has 0 spiro atoms. The van der Waals surface area contributed by atoms with Crippen LogP contribution in [0, 0.1) is 15.9 Å². The number of rotatable bonds is 4. The summed E-state index contributed by atoms with van der Waals surface area (Å²) in [4.78, 5) is 23.8. The summed E-state index contributed by atoms with van der Waals surface area (Å²) < 4.78 is 12.9. The molecule has 0 bridgehead atoms. The minimum Gasteiger partial charge on any atom is -0.337 e. The van der Waals surface area contributed by atoms with Gasteiger partial charge in [-0.3, -0.25) is 14.9 Å². The number of non-ortho nitro benzene ring substituents is 1. The summed E-state index contributed by atoms with van der Waals surface area (Å²) >= 11 is 5.93. The van der Waals surface area contributed by atoms with E-state index in [4.69, 9.17) is 11.6 Å². The van der Waals surface area contributed by atoms with Crippen molar-refractivity contribution in [3.63, 3.8) is 0 Å². The van der Waals surface area contributed by atoms with Gasteiger partial charge in [-0.05, 0) is 23.8 Å². The molecule has 5 nitrogen and oxygen atoms in total. The lowest BCUT2D eigenvalue weighted by Gasteiger charge is -2.18. The molecule has 0 fully saturated rings. The molecule has 0 radical (unpaired) electrons. The SMILES string of the molecule is CN(Cc1ccc(F)cc1)C(=O)c1ccc([N+](=O)[O-])cc1Cl. The normalized spacial score (nSPS) is 10.3. The molecule has 0 heterocycles. The number of hydrogen-bond donors (Lipinski definition) is 0. The van der Waals surface area contributed by atoms with Gasteiger partial charge in [-0.25, -0.2) is 4.39 Å². The van der Waals surface area contributed by atoms with Crippen molar-refractivity contribution >= 4 is 23.2 Å². The molecule has 0 saturated carbocycles. The van der Waals surface area contributed by atoms with E-state index in [1.54, 1.807) is 19.2 Å². The highest BCUT2D eigenvalue weighted by Crippen LogP contribution is 2.23. The van der Waals surface area contributed by atoms with Gasteiger partial charge in [-0.1, -0.05) is 23.7 Å². The number of benzene rings is 2. The van der Waals surface area contributed by atoms with Gasteiger partial charge in [0, 0.05) is 25.7 Å². The van der Waals surface area contributed by atoms with Crippen LogP contribution in [0.1, 0.15) is 15.9 Å². The summed E-state index contributed by atoms with van der Waals surface area (Å²) in [5, 5.41) is 10.7. The molecule has 0 aliphatic carbocycles. The molecular weight excluding hydrogens is 311 g/mol. The van der Waals surface area contributed by atoms with Gasteiger partial charge in [-0.2, -0.15) is 0 Å². The Bertz CT molecular complexity index is 719. The molecule has 0 aliphatic rings. The molecule has 0 unspecified atom stereocenters. The van der Waals surface area contributed by atoms with Crippen molar-refractivity contribution in [2.45, 2.75) is 6.54 Å². The van der Waals surface area contributed by atoms with Crippen LogP contribution in [0.2, 0.25) is 5.02 Å². The van der Waals surface area contributed by atoms with E-state index in [-0.39, 0.29) is 34.5 Å². The standard InChI is InChI=1S/C15H12ClFN2O3/c1-18(9-10-2-4-11(17)5-3-10)15(20)13-7-6-12(19(21)22)8-14(13)16/h2-8H,9H2,1H3. The number of nitrogens with zero attached hydrogens (tertiary/aromatic N) is 2. The van der Waals surface area contributed by atoms with Crippen LogP contribution in [0.25, 0.3) is 0 Å². The molecule has 2 rings (SSSR count). The van der Waals surface area contributed by atoms with Crippen molar-refractivity contribution in [1.29, 1.82) is 0 Å². The molecule has 0 N–H and O–H groups in total. The van der Waals surface area contributed by atoms with Crippen molar-refractivity contribution in [1.82, 2.24) is 4.90 Å². The molecule has 2 aromatic carbocycles. The molecule has 2 aromatic rings. The van der Waals surface area contributed by atoms with Gasteiger partial charge in [0.1, 0.15) is 5.82 Å². The monoisotopic (exact) mass is 322 g/mol. The lowest BCUT2D eigenvalue weighted by Crippen LogP contribution is -2.26. The maximum atomic E-state index is 12.9. The van der Waals surface area contributed by atoms with Crippen molar-refractivity contribution < 1.29 is 14.1 Å². The summed E-state index contributed by atoms with van der Waals surface area (Å²) in [6.45, 7) is 0.270. The van der Waals surface area contributed by atoms with Crippen LogP contribution in [0.3, 0.4) is 0 Å². The molecule has 1 amide bonds. The topological polar surface area (TPSA) is 63.5 Å². The van der Waals surface area contributed by atoms with Crippen LogP contribution in [0.5, 0.6) is 0 Å². The highest BCUT2D eigenvalue weighted by molar-refractivity contribution is 6.34. The van der Waals surface area contributed by atoms with Gasteiger partial charge >= 0.3 is 0 Å². The molecule has 0 atom stereocenters. The highest BCUT2D eigenvalue weighted by Gasteiger charge is 2.18. The van der Waals surface area contributed by atoms with E-state index in [1.807, 2.05) is 0 Å². The third-order valence-corrected chi connectivity index (χ3v) is 3.39. The smallest absolute Gasteiger partial charge is 0.270 e. The third kappa shape index (κ3) is 3.59. The van der Waals surface area contributed by atoms with E-state index in [2.05, 4.69) is 0 Å². The average Bonchev–Trinajstić information content (AvgIpc) is 2.48. The van der Waals surface area contributed by atoms with E-state index in [1.165, 1.54) is 29.2 Å². The second kappa shape index (κ2) is 6.53. The number of nitro benzene ring substituents is 1. The van der Waals surface area contributed by atoms with Gasteiger partial charge in [0.25, 0.3) is 11.6 Å². The minimum atomic E-state index is -0.581. The summed E-state index contributed by atoms with van der Waals surface area (Å²) in [6.07, 6.45) is 0. The summed E-state index contributed by atoms with van der Waals surface area (Å²) in [6, 6.07) is 9.47. The molecule has 22 heavy (non-hydrogen) atoms. The summed E-state index contributed by atoms with van der Waals surface area (Å²) in [7, 11) is 1.57. The molecule has 114 valence electrons. The molecule has 0 aliphatic heterocycles. The molecule has 0 aromatic heterocycles. The lowest BCUT2D eigenvalue weighted by atomic mass is 10.1. The Morgan fingerprint density at radius 3 is 2.45 bits per heavy atom. The van der Waals surface area contributed by atoms with E-state index in [0.717, 1.165) is 11.6 Å². The van der Waals surface area contributed by atoms with Gasteiger partial charge in [0.05, 0.1) is 15.5 Å². The van der Waals surface area contributed by atoms with Gasteiger partial charge in [-0.15, -0.1) is 0 Å². The van der Waals surface area contributed by atoms with E-state index >= 15 is 0 Å². The zero-order valence-electron chi connectivity index (χ0n) is 11.6. The van der Waals surface area contributed by atoms with Crippen LogP contribution >= 0.6 is 11.6 Å². The van der Waals surface area contributed by atoms with E-state index in [9.17, 15) is 19.3 Å². The maximum Gasteiger partial charge on any atom is 0.270 e. The highest BCUT2D eigenvalue weighted by atomic mass is 35.5. The number of halogens is 2. The van der Waals surface area contributed by atoms with Crippen LogP contribution in [-0.2, 0) is 6.54 Å². The second-order valence-corrected chi connectivity index (χ2v) is 5.12. The Balaban J connectivity index is 2.16. The largest absolute Gasteiger partial charge is 0.337 e. The number of nitro groups is 1. The number of hydrogen-bond acceptors (Lipinski definition) is 3. The Hall–Kier alpha value is -2.47. The van der Waals surface area contributed by atoms with E-state index < -0.39 is 4.92 Å². The fraction of sp³-hybridized carbons (Fsp3) is 0.133. The van der Waals surface area contributed by atoms with Crippen LogP contribution in [0.15, 0.2) is 42.5 Å². The van der Waals surface area contributed by atoms with Crippen molar-refractivity contribution in [2.24, 2.45) is 0 Å². The maximum absolute atomic E-state index is 12.9.